The summed E-state index contributed by atoms with van der Waals surface area (Å²) < 4.78 is 5.39. The molecule has 0 saturated carbocycles. The summed E-state index contributed by atoms with van der Waals surface area (Å²) in [7, 11) is 0. The number of aliphatic carboxylic acids is 1. The Morgan fingerprint density at radius 3 is 2.57 bits per heavy atom. The molecule has 2 aromatic heterocycles. The lowest BCUT2D eigenvalue weighted by molar-refractivity contribution is -0.139. The maximum absolute atomic E-state index is 13.3. The van der Waals surface area contributed by atoms with Crippen molar-refractivity contribution in [1.82, 2.24) is 10.6 Å². The van der Waals surface area contributed by atoms with Crippen LogP contribution in [0.2, 0.25) is 10.0 Å². The van der Waals surface area contributed by atoms with Crippen LogP contribution < -0.4 is 15.5 Å². The molecular formula is C25H17Cl2N3O6S. The fourth-order valence-electron chi connectivity index (χ4n) is 4.11. The lowest BCUT2D eigenvalue weighted by Gasteiger charge is -2.20. The molecule has 12 heteroatoms. The summed E-state index contributed by atoms with van der Waals surface area (Å²) in [6.45, 7) is 0.306. The zero-order valence-electron chi connectivity index (χ0n) is 18.8. The topological polar surface area (TPSA) is 129 Å². The van der Waals surface area contributed by atoms with E-state index in [9.17, 15) is 24.3 Å². The summed E-state index contributed by atoms with van der Waals surface area (Å²) in [5, 5.41) is 16.5. The quantitative estimate of drug-likeness (QED) is 0.298. The number of benzene rings is 2. The van der Waals surface area contributed by atoms with Gasteiger partial charge in [-0.2, -0.15) is 0 Å². The van der Waals surface area contributed by atoms with Gasteiger partial charge in [-0.3, -0.25) is 14.4 Å². The maximum atomic E-state index is 13.3. The van der Waals surface area contributed by atoms with Crippen LogP contribution in [-0.2, 0) is 11.2 Å². The molecular weight excluding hydrogens is 541 g/mol. The van der Waals surface area contributed by atoms with Crippen molar-refractivity contribution in [3.8, 4) is 0 Å². The molecule has 0 bridgehead atoms. The average molecular weight is 558 g/mol. The molecule has 0 aliphatic carbocycles. The van der Waals surface area contributed by atoms with Crippen molar-refractivity contribution in [2.75, 3.05) is 11.4 Å². The minimum atomic E-state index is -1.72. The summed E-state index contributed by atoms with van der Waals surface area (Å²) in [6.07, 6.45) is 0.174. The number of nitrogens with zero attached hydrogens (tertiary/aromatic N) is 1. The van der Waals surface area contributed by atoms with Crippen LogP contribution in [0.25, 0.3) is 11.0 Å². The first-order chi connectivity index (χ1) is 17.7. The highest BCUT2D eigenvalue weighted by Crippen LogP contribution is 2.40. The second-order valence-electron chi connectivity index (χ2n) is 8.12. The lowest BCUT2D eigenvalue weighted by Crippen LogP contribution is -2.52. The van der Waals surface area contributed by atoms with E-state index >= 15 is 0 Å². The Kier molecular flexibility index (Phi) is 6.63. The van der Waals surface area contributed by atoms with Gasteiger partial charge in [0.25, 0.3) is 17.7 Å². The molecule has 9 nitrogen and oxygen atoms in total. The zero-order valence-corrected chi connectivity index (χ0v) is 21.1. The number of hydrogen-bond donors (Lipinski definition) is 3. The van der Waals surface area contributed by atoms with E-state index in [1.165, 1.54) is 17.0 Å². The Morgan fingerprint density at radius 2 is 1.84 bits per heavy atom. The number of carbonyl (C=O) groups excluding carboxylic acids is 3. The van der Waals surface area contributed by atoms with Gasteiger partial charge < -0.3 is 25.1 Å². The van der Waals surface area contributed by atoms with Crippen molar-refractivity contribution in [1.29, 1.82) is 0 Å². The zero-order chi connectivity index (χ0) is 26.3. The van der Waals surface area contributed by atoms with E-state index in [-0.39, 0.29) is 26.4 Å². The SMILES string of the molecule is O=C(NC(NC(=O)c1c(Cl)cc2c(c1Cl)CCN2C(=O)c1ccc2ccoc2c1)C(=O)O)c1cccs1. The van der Waals surface area contributed by atoms with E-state index in [1.54, 1.807) is 42.0 Å². The van der Waals surface area contributed by atoms with Crippen molar-refractivity contribution in [2.24, 2.45) is 0 Å². The van der Waals surface area contributed by atoms with E-state index in [2.05, 4.69) is 10.6 Å². The molecule has 1 aliphatic heterocycles. The van der Waals surface area contributed by atoms with Gasteiger partial charge in [-0.25, -0.2) is 4.79 Å². The first kappa shape index (κ1) is 24.8. The Morgan fingerprint density at radius 1 is 1.05 bits per heavy atom. The number of carboxylic acids is 1. The summed E-state index contributed by atoms with van der Waals surface area (Å²) in [5.74, 6) is -3.30. The van der Waals surface area contributed by atoms with Crippen LogP contribution >= 0.6 is 34.5 Å². The number of anilines is 1. The van der Waals surface area contributed by atoms with Gasteiger partial charge in [0, 0.05) is 17.5 Å². The third-order valence-electron chi connectivity index (χ3n) is 5.89. The number of carboxylic acid groups (broad SMARTS) is 1. The molecule has 0 radical (unpaired) electrons. The van der Waals surface area contributed by atoms with Gasteiger partial charge in [0.1, 0.15) is 5.58 Å². The van der Waals surface area contributed by atoms with Crippen LogP contribution in [0, 0.1) is 0 Å². The highest BCUT2D eigenvalue weighted by Gasteiger charge is 2.33. The number of fused-ring (bicyclic) bond motifs is 2. The minimum absolute atomic E-state index is 0.00510. The van der Waals surface area contributed by atoms with Crippen LogP contribution in [-0.4, -0.2) is 41.5 Å². The number of carbonyl (C=O) groups is 4. The second-order valence-corrected chi connectivity index (χ2v) is 9.85. The number of hydrogen-bond acceptors (Lipinski definition) is 6. The largest absolute Gasteiger partial charge is 0.478 e. The number of rotatable bonds is 6. The van der Waals surface area contributed by atoms with Gasteiger partial charge >= 0.3 is 5.97 Å². The van der Waals surface area contributed by atoms with Crippen molar-refractivity contribution >= 4 is 74.9 Å². The Bertz CT molecular complexity index is 1570. The molecule has 3 N–H and O–H groups in total. The molecule has 4 aromatic rings. The van der Waals surface area contributed by atoms with E-state index < -0.39 is 23.9 Å². The van der Waals surface area contributed by atoms with Crippen LogP contribution in [0.5, 0.6) is 0 Å². The lowest BCUT2D eigenvalue weighted by atomic mass is 10.1. The Labute approximate surface area is 223 Å². The Balaban J connectivity index is 1.39. The Hall–Kier alpha value is -3.86. The van der Waals surface area contributed by atoms with Crippen LogP contribution in [0.15, 0.2) is 58.5 Å². The first-order valence-corrected chi connectivity index (χ1v) is 12.6. The van der Waals surface area contributed by atoms with Gasteiger partial charge in [0.15, 0.2) is 0 Å². The van der Waals surface area contributed by atoms with Crippen LogP contribution in [0.1, 0.15) is 36.0 Å². The first-order valence-electron chi connectivity index (χ1n) is 10.9. The maximum Gasteiger partial charge on any atom is 0.347 e. The fraction of sp³-hybridized carbons (Fsp3) is 0.120. The predicted octanol–water partition coefficient (Wildman–Crippen LogP) is 4.57. The van der Waals surface area contributed by atoms with Crippen LogP contribution in [0.4, 0.5) is 5.69 Å². The summed E-state index contributed by atoms with van der Waals surface area (Å²) >= 11 is 14.1. The van der Waals surface area contributed by atoms with Crippen molar-refractivity contribution in [3.63, 3.8) is 0 Å². The molecule has 2 aromatic carbocycles. The van der Waals surface area contributed by atoms with Crippen LogP contribution in [0.3, 0.4) is 0 Å². The molecule has 5 rings (SSSR count). The molecule has 0 spiro atoms. The van der Waals surface area contributed by atoms with E-state index in [4.69, 9.17) is 27.6 Å². The fourth-order valence-corrected chi connectivity index (χ4v) is 5.44. The molecule has 3 heterocycles. The molecule has 0 saturated heterocycles. The standard InChI is InChI=1S/C25H17Cl2N3O6S/c26-15-11-16-14(5-7-30(16)24(33)13-4-3-12-6-8-36-17(12)10-13)20(27)19(15)23(32)29-21(25(34)35)28-22(31)18-2-1-9-37-18/h1-4,6,8-11,21H,5,7H2,(H,28,31)(H,29,32)(H,34,35). The summed E-state index contributed by atoms with van der Waals surface area (Å²) in [6, 6.07) is 11.5. The molecule has 0 fully saturated rings. The van der Waals surface area contributed by atoms with Crippen molar-refractivity contribution in [3.05, 3.63) is 85.7 Å². The summed E-state index contributed by atoms with van der Waals surface area (Å²) in [5.41, 5.74) is 1.82. The summed E-state index contributed by atoms with van der Waals surface area (Å²) in [4.78, 5) is 52.1. The molecule has 1 atom stereocenters. The van der Waals surface area contributed by atoms with E-state index in [0.29, 0.717) is 35.4 Å². The van der Waals surface area contributed by atoms with Gasteiger partial charge in [0.05, 0.1) is 32.4 Å². The predicted molar refractivity (Wildman–Crippen MR) is 139 cm³/mol. The number of amides is 3. The third-order valence-corrected chi connectivity index (χ3v) is 7.47. The molecule has 37 heavy (non-hydrogen) atoms. The van der Waals surface area contributed by atoms with Gasteiger partial charge in [-0.05, 0) is 47.7 Å². The van der Waals surface area contributed by atoms with E-state index in [1.807, 2.05) is 0 Å². The molecule has 1 aliphatic rings. The smallest absolute Gasteiger partial charge is 0.347 e. The number of thiophene rings is 1. The van der Waals surface area contributed by atoms with E-state index in [0.717, 1.165) is 16.7 Å². The van der Waals surface area contributed by atoms with Gasteiger partial charge in [0.2, 0.25) is 6.17 Å². The monoisotopic (exact) mass is 557 g/mol. The molecule has 1 unspecified atom stereocenters. The third kappa shape index (κ3) is 4.66. The number of nitrogens with one attached hydrogen (secondary N) is 2. The minimum Gasteiger partial charge on any atom is -0.478 e. The van der Waals surface area contributed by atoms with Crippen molar-refractivity contribution in [2.45, 2.75) is 12.6 Å². The molecule has 3 amide bonds. The normalized spacial score (nSPS) is 13.3. The van der Waals surface area contributed by atoms with Crippen molar-refractivity contribution < 1.29 is 28.7 Å². The average Bonchev–Trinajstić information content (AvgIpc) is 3.63. The highest BCUT2D eigenvalue weighted by molar-refractivity contribution is 7.12. The van der Waals surface area contributed by atoms with Gasteiger partial charge in [-0.1, -0.05) is 35.3 Å². The second kappa shape index (κ2) is 9.89. The van der Waals surface area contributed by atoms with Gasteiger partial charge in [-0.15, -0.1) is 11.3 Å². The number of furan rings is 1. The number of halogens is 2. The molecule has 188 valence electrons. The highest BCUT2D eigenvalue weighted by atomic mass is 35.5.